The normalized spacial score (nSPS) is 22.2. The second kappa shape index (κ2) is 9.12. The fourth-order valence-corrected chi connectivity index (χ4v) is 5.41. The van der Waals surface area contributed by atoms with Crippen LogP contribution in [0.5, 0.6) is 0 Å². The number of carbonyl (C=O) groups excluding carboxylic acids is 2. The zero-order valence-corrected chi connectivity index (χ0v) is 19.1. The number of hydrogen-bond donors (Lipinski definition) is 3. The minimum absolute atomic E-state index is 0.0191. The van der Waals surface area contributed by atoms with Gasteiger partial charge in [0.2, 0.25) is 5.91 Å². The molecule has 3 N–H and O–H groups in total. The summed E-state index contributed by atoms with van der Waals surface area (Å²) in [6.07, 6.45) is 3.87. The molecule has 2 aromatic rings. The van der Waals surface area contributed by atoms with E-state index >= 15 is 0 Å². The third kappa shape index (κ3) is 4.27. The van der Waals surface area contributed by atoms with Crippen molar-refractivity contribution in [1.29, 1.82) is 0 Å². The highest BCUT2D eigenvalue weighted by Crippen LogP contribution is 2.45. The number of nitrogens with one attached hydrogen (secondary N) is 2. The molecule has 0 bridgehead atoms. The maximum Gasteiger partial charge on any atom is 0.407 e. The maximum atomic E-state index is 12.8. The van der Waals surface area contributed by atoms with E-state index in [9.17, 15) is 19.5 Å². The van der Waals surface area contributed by atoms with Gasteiger partial charge in [-0.05, 0) is 47.9 Å². The Bertz CT molecular complexity index is 1060. The number of carboxylic acid groups (broad SMARTS) is 1. The van der Waals surface area contributed by atoms with E-state index < -0.39 is 17.5 Å². The van der Waals surface area contributed by atoms with Gasteiger partial charge in [-0.2, -0.15) is 0 Å². The van der Waals surface area contributed by atoms with E-state index in [1.165, 1.54) is 11.1 Å². The van der Waals surface area contributed by atoms with E-state index in [-0.39, 0.29) is 36.9 Å². The Labute approximate surface area is 198 Å². The fourth-order valence-electron chi connectivity index (χ4n) is 5.41. The first-order valence-corrected chi connectivity index (χ1v) is 12.1. The first-order chi connectivity index (χ1) is 16.5. The van der Waals surface area contributed by atoms with Crippen molar-refractivity contribution in [2.75, 3.05) is 13.2 Å². The molecule has 0 spiro atoms. The van der Waals surface area contributed by atoms with Gasteiger partial charge in [0.15, 0.2) is 0 Å². The number of carboxylic acids is 1. The second-order valence-corrected chi connectivity index (χ2v) is 9.77. The monoisotopic (exact) mass is 462 g/mol. The summed E-state index contributed by atoms with van der Waals surface area (Å²) >= 11 is 0. The van der Waals surface area contributed by atoms with Crippen LogP contribution in [0.1, 0.15) is 55.6 Å². The summed E-state index contributed by atoms with van der Waals surface area (Å²) in [5.74, 6) is -1.44. The number of hydrogen-bond acceptors (Lipinski definition) is 4. The number of benzene rings is 2. The molecule has 0 radical (unpaired) electrons. The van der Waals surface area contributed by atoms with Crippen molar-refractivity contribution in [1.82, 2.24) is 10.6 Å². The number of fused-ring (bicyclic) bond motifs is 3. The van der Waals surface area contributed by atoms with Gasteiger partial charge in [-0.25, -0.2) is 4.79 Å². The summed E-state index contributed by atoms with van der Waals surface area (Å²) in [6.45, 7) is 0.375. The molecule has 0 unspecified atom stereocenters. The highest BCUT2D eigenvalue weighted by molar-refractivity contribution is 5.83. The van der Waals surface area contributed by atoms with Crippen LogP contribution in [0, 0.1) is 11.3 Å². The van der Waals surface area contributed by atoms with Gasteiger partial charge in [0.05, 0.1) is 11.3 Å². The van der Waals surface area contributed by atoms with Gasteiger partial charge < -0.3 is 20.5 Å². The van der Waals surface area contributed by atoms with Gasteiger partial charge in [0.25, 0.3) is 0 Å². The topological polar surface area (TPSA) is 105 Å². The van der Waals surface area contributed by atoms with Crippen molar-refractivity contribution < 1.29 is 24.2 Å². The lowest BCUT2D eigenvalue weighted by Crippen LogP contribution is -2.49. The van der Waals surface area contributed by atoms with Crippen molar-refractivity contribution >= 4 is 18.0 Å². The number of alkyl carbamates (subject to hydrolysis) is 1. The van der Waals surface area contributed by atoms with E-state index in [1.54, 1.807) is 0 Å². The molecule has 2 atom stereocenters. The van der Waals surface area contributed by atoms with Crippen LogP contribution in [-0.4, -0.2) is 42.3 Å². The van der Waals surface area contributed by atoms with Crippen LogP contribution in [0.25, 0.3) is 11.1 Å². The van der Waals surface area contributed by atoms with Crippen LogP contribution in [-0.2, 0) is 14.3 Å². The van der Waals surface area contributed by atoms with E-state index in [0.717, 1.165) is 24.0 Å². The zero-order chi connectivity index (χ0) is 23.7. The first kappa shape index (κ1) is 22.4. The Hall–Kier alpha value is -3.35. The Morgan fingerprint density at radius 2 is 1.56 bits per heavy atom. The predicted molar refractivity (Wildman–Crippen MR) is 126 cm³/mol. The van der Waals surface area contributed by atoms with Crippen molar-refractivity contribution in [3.63, 3.8) is 0 Å². The molecular formula is C27H30N2O5. The summed E-state index contributed by atoms with van der Waals surface area (Å²) in [7, 11) is 0. The molecule has 178 valence electrons. The summed E-state index contributed by atoms with van der Waals surface area (Å²) in [6, 6.07) is 16.1. The molecule has 3 aliphatic carbocycles. The van der Waals surface area contributed by atoms with Crippen LogP contribution < -0.4 is 10.6 Å². The lowest BCUT2D eigenvalue weighted by atomic mass is 9.83. The lowest BCUT2D eigenvalue weighted by molar-refractivity contribution is -0.143. The van der Waals surface area contributed by atoms with Gasteiger partial charge in [0.1, 0.15) is 6.61 Å². The van der Waals surface area contributed by atoms with Crippen LogP contribution in [0.15, 0.2) is 48.5 Å². The van der Waals surface area contributed by atoms with E-state index in [1.807, 2.05) is 24.3 Å². The third-order valence-corrected chi connectivity index (χ3v) is 7.66. The number of amides is 2. The van der Waals surface area contributed by atoms with Crippen LogP contribution in [0.2, 0.25) is 0 Å². The number of rotatable bonds is 7. The Kier molecular flexibility index (Phi) is 6.02. The van der Waals surface area contributed by atoms with Gasteiger partial charge >= 0.3 is 12.1 Å². The molecule has 2 aromatic carbocycles. The average Bonchev–Trinajstić information content (AvgIpc) is 3.59. The highest BCUT2D eigenvalue weighted by atomic mass is 16.5. The molecule has 0 aromatic heterocycles. The average molecular weight is 463 g/mol. The standard InChI is InChI=1S/C27H30N2O5/c30-24(28-16-27(13-14-27)25(31)32)21-11-5-6-12-23(21)29-26(33)34-15-22-19-9-3-1-7-17(19)18-8-2-4-10-20(18)22/h1-4,7-10,21-23H,5-6,11-16H2,(H,28,30)(H,29,33)(H,31,32)/t21-,23+/m0/s1. The van der Waals surface area contributed by atoms with E-state index in [4.69, 9.17) is 4.74 Å². The van der Waals surface area contributed by atoms with Crippen LogP contribution in [0.4, 0.5) is 4.79 Å². The van der Waals surface area contributed by atoms with E-state index in [0.29, 0.717) is 25.7 Å². The molecule has 2 fully saturated rings. The van der Waals surface area contributed by atoms with Gasteiger partial charge in [-0.1, -0.05) is 61.4 Å². The van der Waals surface area contributed by atoms with Crippen molar-refractivity contribution in [2.24, 2.45) is 11.3 Å². The first-order valence-electron chi connectivity index (χ1n) is 12.1. The Morgan fingerprint density at radius 3 is 2.18 bits per heavy atom. The molecule has 2 amide bonds. The lowest BCUT2D eigenvalue weighted by Gasteiger charge is -2.31. The van der Waals surface area contributed by atoms with Crippen LogP contribution in [0.3, 0.4) is 0 Å². The second-order valence-electron chi connectivity index (χ2n) is 9.77. The molecular weight excluding hydrogens is 432 g/mol. The number of aliphatic carboxylic acids is 1. The molecule has 7 nitrogen and oxygen atoms in total. The highest BCUT2D eigenvalue weighted by Gasteiger charge is 2.50. The van der Waals surface area contributed by atoms with Crippen molar-refractivity contribution in [3.05, 3.63) is 59.7 Å². The molecule has 7 heteroatoms. The quantitative estimate of drug-likeness (QED) is 0.576. The summed E-state index contributed by atoms with van der Waals surface area (Å²) in [5, 5.41) is 15.1. The molecule has 0 aliphatic heterocycles. The van der Waals surface area contributed by atoms with Crippen LogP contribution >= 0.6 is 0 Å². The van der Waals surface area contributed by atoms with Gasteiger partial charge in [-0.3, -0.25) is 9.59 Å². The Balaban J connectivity index is 1.19. The van der Waals surface area contributed by atoms with Gasteiger partial charge in [0, 0.05) is 18.5 Å². The predicted octanol–water partition coefficient (Wildman–Crippen LogP) is 4.06. The Morgan fingerprint density at radius 1 is 0.941 bits per heavy atom. The van der Waals surface area contributed by atoms with Crippen molar-refractivity contribution in [3.8, 4) is 11.1 Å². The fraction of sp³-hybridized carbons (Fsp3) is 0.444. The maximum absolute atomic E-state index is 12.8. The molecule has 3 aliphatic rings. The minimum Gasteiger partial charge on any atom is -0.481 e. The summed E-state index contributed by atoms with van der Waals surface area (Å²) in [5.41, 5.74) is 3.84. The van der Waals surface area contributed by atoms with E-state index in [2.05, 4.69) is 34.9 Å². The molecule has 34 heavy (non-hydrogen) atoms. The smallest absolute Gasteiger partial charge is 0.407 e. The number of carbonyl (C=O) groups is 3. The molecule has 2 saturated carbocycles. The number of ether oxygens (including phenoxy) is 1. The molecule has 0 heterocycles. The molecule has 5 rings (SSSR count). The van der Waals surface area contributed by atoms with Gasteiger partial charge in [-0.15, -0.1) is 0 Å². The molecule has 0 saturated heterocycles. The SMILES string of the molecule is O=C(N[C@@H]1CCCC[C@@H]1C(=O)NCC1(C(=O)O)CC1)OCC1c2ccccc2-c2ccccc21. The third-order valence-electron chi connectivity index (χ3n) is 7.66. The van der Waals surface area contributed by atoms with Crippen molar-refractivity contribution in [2.45, 2.75) is 50.5 Å². The largest absolute Gasteiger partial charge is 0.481 e. The minimum atomic E-state index is -0.857. The summed E-state index contributed by atoms with van der Waals surface area (Å²) in [4.78, 5) is 37.0. The zero-order valence-electron chi connectivity index (χ0n) is 19.1. The summed E-state index contributed by atoms with van der Waals surface area (Å²) < 4.78 is 5.67.